The predicted molar refractivity (Wildman–Crippen MR) is 281 cm³/mol. The van der Waals surface area contributed by atoms with Crippen LogP contribution in [0.2, 0.25) is 0 Å². The lowest BCUT2D eigenvalue weighted by atomic mass is 9.70. The molecule has 2 aliphatic carbocycles. The van der Waals surface area contributed by atoms with Gasteiger partial charge in [0.1, 0.15) is 0 Å². The molecule has 320 valence electrons. The van der Waals surface area contributed by atoms with Crippen LogP contribution in [0.3, 0.4) is 0 Å². The smallest absolute Gasteiger partial charge is 0.164 e. The second-order valence-corrected chi connectivity index (χ2v) is 18.3. The van der Waals surface area contributed by atoms with Crippen LogP contribution in [0.4, 0.5) is 0 Å². The molecule has 0 aliphatic heterocycles. The molecule has 1 spiro atoms. The Morgan fingerprint density at radius 1 is 0.261 bits per heavy atom. The fourth-order valence-electron chi connectivity index (χ4n) is 11.9. The van der Waals surface area contributed by atoms with Crippen molar-refractivity contribution < 1.29 is 0 Å². The van der Waals surface area contributed by atoms with Crippen LogP contribution in [0.5, 0.6) is 0 Å². The quantitative estimate of drug-likeness (QED) is 0.173. The van der Waals surface area contributed by atoms with E-state index >= 15 is 0 Å². The van der Waals surface area contributed by atoms with E-state index in [9.17, 15) is 0 Å². The molecular formula is C64H39N5. The molecule has 5 heteroatoms. The van der Waals surface area contributed by atoms with E-state index in [2.05, 4.69) is 209 Å². The highest BCUT2D eigenvalue weighted by Crippen LogP contribution is 2.63. The van der Waals surface area contributed by atoms with Gasteiger partial charge in [-0.15, -0.1) is 0 Å². The van der Waals surface area contributed by atoms with Crippen LogP contribution in [0.1, 0.15) is 22.3 Å². The van der Waals surface area contributed by atoms with Gasteiger partial charge < -0.3 is 9.13 Å². The summed E-state index contributed by atoms with van der Waals surface area (Å²) >= 11 is 0. The first-order valence-corrected chi connectivity index (χ1v) is 23.6. The molecule has 0 saturated heterocycles. The van der Waals surface area contributed by atoms with Gasteiger partial charge in [0, 0.05) is 49.6 Å². The minimum atomic E-state index is -0.618. The molecule has 0 radical (unpaired) electrons. The Kier molecular flexibility index (Phi) is 7.93. The van der Waals surface area contributed by atoms with Gasteiger partial charge in [0.05, 0.1) is 27.5 Å². The molecule has 13 aromatic rings. The molecule has 0 amide bonds. The van der Waals surface area contributed by atoms with Crippen LogP contribution in [-0.2, 0) is 5.41 Å². The highest BCUT2D eigenvalue weighted by molar-refractivity contribution is 6.19. The molecule has 3 aromatic heterocycles. The number of nitrogens with zero attached hydrogens (tertiary/aromatic N) is 5. The summed E-state index contributed by atoms with van der Waals surface area (Å²) in [7, 11) is 0. The Hall–Kier alpha value is -9.19. The maximum absolute atomic E-state index is 5.22. The van der Waals surface area contributed by atoms with E-state index in [1.165, 1.54) is 88.1 Å². The van der Waals surface area contributed by atoms with E-state index < -0.39 is 5.41 Å². The molecule has 0 N–H and O–H groups in total. The van der Waals surface area contributed by atoms with Crippen LogP contribution in [-0.4, -0.2) is 24.1 Å². The van der Waals surface area contributed by atoms with E-state index in [-0.39, 0.29) is 0 Å². The lowest BCUT2D eigenvalue weighted by Crippen LogP contribution is -2.26. The number of hydrogen-bond donors (Lipinski definition) is 0. The highest BCUT2D eigenvalue weighted by atomic mass is 15.0. The Morgan fingerprint density at radius 3 is 1.28 bits per heavy atom. The molecule has 2 aliphatic rings. The van der Waals surface area contributed by atoms with Crippen LogP contribution in [0, 0.1) is 0 Å². The molecule has 0 bridgehead atoms. The monoisotopic (exact) mass is 877 g/mol. The normalized spacial score (nSPS) is 14.4. The number of hydrogen-bond acceptors (Lipinski definition) is 3. The van der Waals surface area contributed by atoms with Gasteiger partial charge in [-0.25, -0.2) is 15.0 Å². The second kappa shape index (κ2) is 14.4. The van der Waals surface area contributed by atoms with Crippen molar-refractivity contribution in [2.75, 3.05) is 0 Å². The minimum absolute atomic E-state index is 0.618. The molecule has 10 aromatic carbocycles. The number of para-hydroxylation sites is 3. The lowest BCUT2D eigenvalue weighted by molar-refractivity contribution is 0.792. The molecule has 1 atom stereocenters. The van der Waals surface area contributed by atoms with Crippen LogP contribution in [0.25, 0.3) is 111 Å². The van der Waals surface area contributed by atoms with Crippen molar-refractivity contribution in [3.63, 3.8) is 0 Å². The van der Waals surface area contributed by atoms with Crippen molar-refractivity contribution in [3.05, 3.63) is 259 Å². The van der Waals surface area contributed by atoms with Crippen LogP contribution < -0.4 is 0 Å². The third-order valence-corrected chi connectivity index (χ3v) is 14.8. The van der Waals surface area contributed by atoms with Gasteiger partial charge in [0.2, 0.25) is 0 Å². The van der Waals surface area contributed by atoms with Crippen LogP contribution >= 0.6 is 0 Å². The zero-order valence-corrected chi connectivity index (χ0v) is 37.3. The van der Waals surface area contributed by atoms with Crippen molar-refractivity contribution >= 4 is 43.6 Å². The summed E-state index contributed by atoms with van der Waals surface area (Å²) in [6.07, 6.45) is 0. The van der Waals surface area contributed by atoms with E-state index in [1.54, 1.807) is 0 Å². The maximum Gasteiger partial charge on any atom is 0.164 e. The Bertz CT molecular complexity index is 4170. The van der Waals surface area contributed by atoms with Gasteiger partial charge in [-0.3, -0.25) is 0 Å². The number of fused-ring (bicyclic) bond motifs is 16. The Balaban J connectivity index is 0.993. The molecule has 0 saturated carbocycles. The van der Waals surface area contributed by atoms with E-state index in [0.717, 1.165) is 28.1 Å². The number of rotatable bonds is 5. The highest BCUT2D eigenvalue weighted by Gasteiger charge is 2.52. The fraction of sp³-hybridized carbons (Fsp3) is 0.0156. The second-order valence-electron chi connectivity index (χ2n) is 18.3. The zero-order valence-electron chi connectivity index (χ0n) is 37.3. The third-order valence-electron chi connectivity index (χ3n) is 14.8. The topological polar surface area (TPSA) is 48.5 Å². The first kappa shape index (κ1) is 38.0. The Morgan fingerprint density at radius 2 is 0.696 bits per heavy atom. The Labute approximate surface area is 397 Å². The first-order chi connectivity index (χ1) is 34.2. The number of aromatic nitrogens is 5. The molecule has 3 heterocycles. The van der Waals surface area contributed by atoms with E-state index in [1.807, 2.05) is 36.4 Å². The third kappa shape index (κ3) is 5.32. The first-order valence-electron chi connectivity index (χ1n) is 23.6. The lowest BCUT2D eigenvalue weighted by Gasteiger charge is -2.31. The summed E-state index contributed by atoms with van der Waals surface area (Å²) in [6, 6.07) is 85.8. The van der Waals surface area contributed by atoms with Gasteiger partial charge >= 0.3 is 0 Å². The predicted octanol–water partition coefficient (Wildman–Crippen LogP) is 15.4. The molecule has 15 rings (SSSR count). The molecular weight excluding hydrogens is 839 g/mol. The summed E-state index contributed by atoms with van der Waals surface area (Å²) in [5.41, 5.74) is 19.2. The minimum Gasteiger partial charge on any atom is -0.309 e. The largest absolute Gasteiger partial charge is 0.309 e. The van der Waals surface area contributed by atoms with Gasteiger partial charge in [-0.1, -0.05) is 182 Å². The van der Waals surface area contributed by atoms with Crippen molar-refractivity contribution in [2.45, 2.75) is 5.41 Å². The maximum atomic E-state index is 5.22. The van der Waals surface area contributed by atoms with Crippen LogP contribution in [0.15, 0.2) is 237 Å². The summed E-state index contributed by atoms with van der Waals surface area (Å²) < 4.78 is 4.91. The molecule has 69 heavy (non-hydrogen) atoms. The van der Waals surface area contributed by atoms with Crippen molar-refractivity contribution in [1.82, 2.24) is 24.1 Å². The van der Waals surface area contributed by atoms with Gasteiger partial charge in [-0.05, 0) is 99.1 Å². The summed E-state index contributed by atoms with van der Waals surface area (Å²) in [6.45, 7) is 0. The van der Waals surface area contributed by atoms with Gasteiger partial charge in [-0.2, -0.15) is 0 Å². The van der Waals surface area contributed by atoms with E-state index in [4.69, 9.17) is 15.0 Å². The standard InChI is InChI=1S/C64H39N5/c1-4-18-40(19-5-1)61-65-62(41-20-6-2-7-21-41)67-63(66-61)42-32-34-47-45-24-10-14-28-53(45)64(55(47)36-42)54-29-15-11-25-46(54)48-35-33-44(37-56(48)64)69-58-31-17-13-27-50(58)52-38-51-49-26-12-16-30-57(49)68(59(51)39-60(52)69)43-22-8-3-9-23-43/h1-39H. The molecule has 1 unspecified atom stereocenters. The van der Waals surface area contributed by atoms with Crippen molar-refractivity contribution in [1.29, 1.82) is 0 Å². The summed E-state index contributed by atoms with van der Waals surface area (Å²) in [4.78, 5) is 15.5. The van der Waals surface area contributed by atoms with Gasteiger partial charge in [0.25, 0.3) is 0 Å². The average molecular weight is 878 g/mol. The average Bonchev–Trinajstić information content (AvgIpc) is 4.12. The molecule has 0 fully saturated rings. The summed E-state index contributed by atoms with van der Waals surface area (Å²) in [5, 5.41) is 4.95. The summed E-state index contributed by atoms with van der Waals surface area (Å²) in [5.74, 6) is 1.93. The van der Waals surface area contributed by atoms with Gasteiger partial charge in [0.15, 0.2) is 17.5 Å². The van der Waals surface area contributed by atoms with Crippen molar-refractivity contribution in [2.24, 2.45) is 0 Å². The molecule has 5 nitrogen and oxygen atoms in total. The van der Waals surface area contributed by atoms with E-state index in [0.29, 0.717) is 17.5 Å². The fourth-order valence-corrected chi connectivity index (χ4v) is 11.9. The SMILES string of the molecule is c1ccc(-c2nc(-c3ccccc3)nc(-c3ccc4c(c3)C3(c5ccccc5-4)c4ccccc4-c4ccc(-n5c6ccccc6c6cc7c8ccccc8n(-c8ccccc8)c7cc65)cc43)n2)cc1. The number of benzene rings is 10. The van der Waals surface area contributed by atoms with Crippen molar-refractivity contribution in [3.8, 4) is 67.8 Å². The zero-order chi connectivity index (χ0) is 45.2.